The Kier molecular flexibility index (Phi) is 3.56. The summed E-state index contributed by atoms with van der Waals surface area (Å²) in [6.45, 7) is 5.18. The molecule has 2 N–H and O–H groups in total. The SMILES string of the molecule is CC1CCOC1C(N)C(C)c1ccccn1. The second-order valence-electron chi connectivity index (χ2n) is 4.72. The van der Waals surface area contributed by atoms with Crippen molar-refractivity contribution in [2.45, 2.75) is 38.3 Å². The predicted molar refractivity (Wildman–Crippen MR) is 64.1 cm³/mol. The van der Waals surface area contributed by atoms with Gasteiger partial charge in [0.15, 0.2) is 0 Å². The van der Waals surface area contributed by atoms with Gasteiger partial charge in [-0.3, -0.25) is 4.98 Å². The number of pyridine rings is 1. The molecule has 0 spiro atoms. The van der Waals surface area contributed by atoms with Gasteiger partial charge in [0, 0.05) is 30.5 Å². The third-order valence-corrected chi connectivity index (χ3v) is 3.56. The van der Waals surface area contributed by atoms with Gasteiger partial charge in [-0.25, -0.2) is 0 Å². The number of ether oxygens (including phenoxy) is 1. The van der Waals surface area contributed by atoms with Crippen LogP contribution in [0.2, 0.25) is 0 Å². The number of aromatic nitrogens is 1. The summed E-state index contributed by atoms with van der Waals surface area (Å²) in [6, 6.07) is 6.00. The number of rotatable bonds is 3. The molecule has 0 bridgehead atoms. The van der Waals surface area contributed by atoms with Gasteiger partial charge in [-0.15, -0.1) is 0 Å². The highest BCUT2D eigenvalue weighted by molar-refractivity contribution is 5.12. The lowest BCUT2D eigenvalue weighted by atomic mass is 9.88. The summed E-state index contributed by atoms with van der Waals surface area (Å²) in [5.41, 5.74) is 7.33. The topological polar surface area (TPSA) is 48.1 Å². The molecule has 2 heterocycles. The van der Waals surface area contributed by atoms with E-state index in [9.17, 15) is 0 Å². The van der Waals surface area contributed by atoms with Crippen molar-refractivity contribution >= 4 is 0 Å². The van der Waals surface area contributed by atoms with E-state index in [0.29, 0.717) is 5.92 Å². The second-order valence-corrected chi connectivity index (χ2v) is 4.72. The summed E-state index contributed by atoms with van der Waals surface area (Å²) < 4.78 is 5.72. The molecular weight excluding hydrogens is 200 g/mol. The standard InChI is InChI=1S/C13H20N2O/c1-9-6-8-16-13(9)12(14)10(2)11-5-3-4-7-15-11/h3-5,7,9-10,12-13H,6,8,14H2,1-2H3. The van der Waals surface area contributed by atoms with E-state index in [2.05, 4.69) is 18.8 Å². The van der Waals surface area contributed by atoms with Gasteiger partial charge >= 0.3 is 0 Å². The molecular formula is C13H20N2O. The molecule has 4 unspecified atom stereocenters. The Morgan fingerprint density at radius 3 is 2.88 bits per heavy atom. The van der Waals surface area contributed by atoms with Gasteiger partial charge < -0.3 is 10.5 Å². The maximum Gasteiger partial charge on any atom is 0.0758 e. The fourth-order valence-corrected chi connectivity index (χ4v) is 2.34. The molecule has 0 saturated carbocycles. The van der Waals surface area contributed by atoms with Crippen molar-refractivity contribution in [3.8, 4) is 0 Å². The number of hydrogen-bond donors (Lipinski definition) is 1. The minimum Gasteiger partial charge on any atom is -0.376 e. The van der Waals surface area contributed by atoms with Crippen molar-refractivity contribution in [2.24, 2.45) is 11.7 Å². The maximum atomic E-state index is 6.28. The van der Waals surface area contributed by atoms with Gasteiger partial charge in [0.2, 0.25) is 0 Å². The molecule has 88 valence electrons. The van der Waals surface area contributed by atoms with Crippen molar-refractivity contribution in [1.29, 1.82) is 0 Å². The Balaban J connectivity index is 2.07. The van der Waals surface area contributed by atoms with Crippen LogP contribution < -0.4 is 5.73 Å². The number of nitrogens with zero attached hydrogens (tertiary/aromatic N) is 1. The molecule has 0 aromatic carbocycles. The van der Waals surface area contributed by atoms with Crippen molar-refractivity contribution in [2.75, 3.05) is 6.61 Å². The van der Waals surface area contributed by atoms with Gasteiger partial charge in [-0.2, -0.15) is 0 Å². The van der Waals surface area contributed by atoms with Gasteiger partial charge in [-0.05, 0) is 24.5 Å². The summed E-state index contributed by atoms with van der Waals surface area (Å²) in [5.74, 6) is 0.799. The van der Waals surface area contributed by atoms with Crippen LogP contribution in [0.5, 0.6) is 0 Å². The van der Waals surface area contributed by atoms with Crippen LogP contribution in [0.4, 0.5) is 0 Å². The number of hydrogen-bond acceptors (Lipinski definition) is 3. The van der Waals surface area contributed by atoms with Crippen LogP contribution in [0.25, 0.3) is 0 Å². The van der Waals surface area contributed by atoms with Gasteiger partial charge in [0.05, 0.1) is 6.10 Å². The van der Waals surface area contributed by atoms with Gasteiger partial charge in [0.25, 0.3) is 0 Å². The largest absolute Gasteiger partial charge is 0.376 e. The average molecular weight is 220 g/mol. The molecule has 0 radical (unpaired) electrons. The monoisotopic (exact) mass is 220 g/mol. The first-order chi connectivity index (χ1) is 7.70. The van der Waals surface area contributed by atoms with E-state index in [1.165, 1.54) is 0 Å². The van der Waals surface area contributed by atoms with Crippen molar-refractivity contribution in [3.05, 3.63) is 30.1 Å². The molecule has 1 aliphatic rings. The number of nitrogens with two attached hydrogens (primary N) is 1. The lowest BCUT2D eigenvalue weighted by Crippen LogP contribution is -2.41. The van der Waals surface area contributed by atoms with E-state index in [1.54, 1.807) is 0 Å². The summed E-state index contributed by atoms with van der Waals surface area (Å²) in [4.78, 5) is 4.36. The Labute approximate surface area is 97.0 Å². The Bertz CT molecular complexity index is 328. The molecule has 0 amide bonds. The molecule has 4 atom stereocenters. The molecule has 1 saturated heterocycles. The summed E-state index contributed by atoms with van der Waals surface area (Å²) in [7, 11) is 0. The molecule has 1 aromatic heterocycles. The van der Waals surface area contributed by atoms with Crippen LogP contribution in [0.15, 0.2) is 24.4 Å². The fraction of sp³-hybridized carbons (Fsp3) is 0.615. The normalized spacial score (nSPS) is 28.9. The highest BCUT2D eigenvalue weighted by Crippen LogP contribution is 2.28. The quantitative estimate of drug-likeness (QED) is 0.846. The van der Waals surface area contributed by atoms with E-state index in [4.69, 9.17) is 10.5 Å². The molecule has 3 nitrogen and oxygen atoms in total. The first-order valence-electron chi connectivity index (χ1n) is 5.98. The van der Waals surface area contributed by atoms with Crippen LogP contribution in [0, 0.1) is 5.92 Å². The van der Waals surface area contributed by atoms with E-state index in [1.807, 2.05) is 24.4 Å². The first kappa shape index (κ1) is 11.6. The van der Waals surface area contributed by atoms with Crippen molar-refractivity contribution < 1.29 is 4.74 Å². The summed E-state index contributed by atoms with van der Waals surface area (Å²) in [6.07, 6.45) is 3.11. The lowest BCUT2D eigenvalue weighted by molar-refractivity contribution is 0.0659. The molecule has 2 rings (SSSR count). The average Bonchev–Trinajstić information content (AvgIpc) is 2.75. The zero-order valence-electron chi connectivity index (χ0n) is 9.97. The third kappa shape index (κ3) is 2.25. The van der Waals surface area contributed by atoms with Crippen LogP contribution in [0.1, 0.15) is 31.9 Å². The van der Waals surface area contributed by atoms with Crippen LogP contribution >= 0.6 is 0 Å². The van der Waals surface area contributed by atoms with E-state index in [0.717, 1.165) is 18.7 Å². The summed E-state index contributed by atoms with van der Waals surface area (Å²) in [5, 5.41) is 0. The Morgan fingerprint density at radius 2 is 2.31 bits per heavy atom. The van der Waals surface area contributed by atoms with Crippen LogP contribution in [-0.4, -0.2) is 23.7 Å². The van der Waals surface area contributed by atoms with Crippen molar-refractivity contribution in [3.63, 3.8) is 0 Å². The van der Waals surface area contributed by atoms with E-state index < -0.39 is 0 Å². The first-order valence-corrected chi connectivity index (χ1v) is 5.98. The van der Waals surface area contributed by atoms with Crippen LogP contribution in [0.3, 0.4) is 0 Å². The minimum absolute atomic E-state index is 0.0346. The van der Waals surface area contributed by atoms with Gasteiger partial charge in [0.1, 0.15) is 0 Å². The fourth-order valence-electron chi connectivity index (χ4n) is 2.34. The maximum absolute atomic E-state index is 6.28. The van der Waals surface area contributed by atoms with E-state index in [-0.39, 0.29) is 18.1 Å². The van der Waals surface area contributed by atoms with E-state index >= 15 is 0 Å². The third-order valence-electron chi connectivity index (χ3n) is 3.56. The highest BCUT2D eigenvalue weighted by atomic mass is 16.5. The molecule has 1 fully saturated rings. The molecule has 1 aliphatic heterocycles. The zero-order chi connectivity index (χ0) is 11.5. The molecule has 3 heteroatoms. The summed E-state index contributed by atoms with van der Waals surface area (Å²) >= 11 is 0. The smallest absolute Gasteiger partial charge is 0.0758 e. The molecule has 0 aliphatic carbocycles. The highest BCUT2D eigenvalue weighted by Gasteiger charge is 2.33. The Morgan fingerprint density at radius 1 is 1.50 bits per heavy atom. The Hall–Kier alpha value is -0.930. The molecule has 1 aromatic rings. The minimum atomic E-state index is 0.0346. The van der Waals surface area contributed by atoms with Crippen molar-refractivity contribution in [1.82, 2.24) is 4.98 Å². The molecule has 16 heavy (non-hydrogen) atoms. The zero-order valence-corrected chi connectivity index (χ0v) is 9.97. The lowest BCUT2D eigenvalue weighted by Gasteiger charge is -2.27. The predicted octanol–water partition coefficient (Wildman–Crippen LogP) is 1.94. The second kappa shape index (κ2) is 4.93. The van der Waals surface area contributed by atoms with Crippen LogP contribution in [-0.2, 0) is 4.74 Å². The van der Waals surface area contributed by atoms with Gasteiger partial charge in [-0.1, -0.05) is 19.9 Å².